The van der Waals surface area contributed by atoms with E-state index in [2.05, 4.69) is 25.3 Å². The van der Waals surface area contributed by atoms with Crippen LogP contribution in [0.1, 0.15) is 44.6 Å². The maximum absolute atomic E-state index is 12.8. The quantitative estimate of drug-likeness (QED) is 0.298. The number of halogens is 3. The van der Waals surface area contributed by atoms with E-state index in [1.165, 1.54) is 38.9 Å². The van der Waals surface area contributed by atoms with Gasteiger partial charge in [0.15, 0.2) is 5.96 Å². The molecule has 9 heteroatoms. The Morgan fingerprint density at radius 2 is 2.03 bits per heavy atom. The average Bonchev–Trinajstić information content (AvgIpc) is 3.38. The van der Waals surface area contributed by atoms with Crippen LogP contribution in [0.4, 0.5) is 8.78 Å². The van der Waals surface area contributed by atoms with Crippen molar-refractivity contribution in [2.24, 2.45) is 4.99 Å². The summed E-state index contributed by atoms with van der Waals surface area (Å²) in [5.74, 6) is 1.26. The van der Waals surface area contributed by atoms with E-state index in [1.807, 2.05) is 6.92 Å². The Morgan fingerprint density at radius 3 is 2.70 bits per heavy atom. The van der Waals surface area contributed by atoms with Gasteiger partial charge in [0.25, 0.3) is 0 Å². The summed E-state index contributed by atoms with van der Waals surface area (Å²) in [5, 5.41) is 6.76. The number of methoxy groups -OCH3 is 1. The van der Waals surface area contributed by atoms with E-state index in [9.17, 15) is 8.78 Å². The molecular formula is C21H33F2IN4O2. The molecule has 1 aliphatic heterocycles. The minimum Gasteiger partial charge on any atom is -0.497 e. The van der Waals surface area contributed by atoms with Crippen molar-refractivity contribution in [3.05, 3.63) is 23.8 Å². The molecule has 1 aliphatic carbocycles. The van der Waals surface area contributed by atoms with Crippen molar-refractivity contribution in [3.63, 3.8) is 0 Å². The molecule has 2 fully saturated rings. The molecule has 1 unspecified atom stereocenters. The third-order valence-corrected chi connectivity index (χ3v) is 5.64. The van der Waals surface area contributed by atoms with Gasteiger partial charge in [0.2, 0.25) is 0 Å². The lowest BCUT2D eigenvalue weighted by molar-refractivity contribution is -0.0505. The normalized spacial score (nSPS) is 20.3. The lowest BCUT2D eigenvalue weighted by Crippen LogP contribution is -2.45. The molecule has 1 atom stereocenters. The second kappa shape index (κ2) is 12.5. The van der Waals surface area contributed by atoms with Crippen LogP contribution in [-0.4, -0.2) is 56.3 Å². The minimum absolute atomic E-state index is 0. The fourth-order valence-electron chi connectivity index (χ4n) is 4.18. The number of alkyl halides is 2. The molecule has 2 N–H and O–H groups in total. The van der Waals surface area contributed by atoms with Crippen molar-refractivity contribution in [2.45, 2.75) is 64.3 Å². The third-order valence-electron chi connectivity index (χ3n) is 5.64. The van der Waals surface area contributed by atoms with Crippen LogP contribution in [0.25, 0.3) is 0 Å². The van der Waals surface area contributed by atoms with Gasteiger partial charge in [-0.2, -0.15) is 8.78 Å². The standard InChI is InChI=1S/C21H32F2N4O2.HI/c1-3-24-21(26-16-10-11-27(14-16)17-6-4-5-7-17)25-13-15-8-9-18(28-2)12-19(15)29-20(22)23;/h8-9,12,16-17,20H,3-7,10-11,13-14H2,1-2H3,(H2,24,25,26);1H. The Labute approximate surface area is 194 Å². The Balaban J connectivity index is 0.00000320. The topological polar surface area (TPSA) is 58.1 Å². The molecule has 1 saturated heterocycles. The zero-order valence-electron chi connectivity index (χ0n) is 17.7. The Hall–Kier alpha value is -1.36. The van der Waals surface area contributed by atoms with Crippen molar-refractivity contribution in [2.75, 3.05) is 26.7 Å². The predicted octanol–water partition coefficient (Wildman–Crippen LogP) is 3.99. The van der Waals surface area contributed by atoms with E-state index in [0.29, 0.717) is 23.3 Å². The largest absolute Gasteiger partial charge is 0.497 e. The molecule has 1 heterocycles. The predicted molar refractivity (Wildman–Crippen MR) is 125 cm³/mol. The lowest BCUT2D eigenvalue weighted by Gasteiger charge is -2.24. The average molecular weight is 538 g/mol. The van der Waals surface area contributed by atoms with Gasteiger partial charge in [-0.25, -0.2) is 4.99 Å². The second-order valence-corrected chi connectivity index (χ2v) is 7.61. The van der Waals surface area contributed by atoms with Crippen LogP contribution in [0.15, 0.2) is 23.2 Å². The molecular weight excluding hydrogens is 505 g/mol. The molecule has 0 aromatic heterocycles. The van der Waals surface area contributed by atoms with Crippen LogP contribution in [0.2, 0.25) is 0 Å². The van der Waals surface area contributed by atoms with E-state index in [-0.39, 0.29) is 36.3 Å². The van der Waals surface area contributed by atoms with Crippen LogP contribution < -0.4 is 20.1 Å². The number of ether oxygens (including phenoxy) is 2. The fourth-order valence-corrected chi connectivity index (χ4v) is 4.18. The number of hydrogen-bond donors (Lipinski definition) is 2. The third kappa shape index (κ3) is 7.11. The van der Waals surface area contributed by atoms with Crippen molar-refractivity contribution in [3.8, 4) is 11.5 Å². The summed E-state index contributed by atoms with van der Waals surface area (Å²) in [6.45, 7) is 2.23. The molecule has 1 aromatic rings. The highest BCUT2D eigenvalue weighted by molar-refractivity contribution is 14.0. The highest BCUT2D eigenvalue weighted by Crippen LogP contribution is 2.28. The Bertz CT molecular complexity index is 687. The number of likely N-dealkylation sites (tertiary alicyclic amines) is 1. The first-order chi connectivity index (χ1) is 14.1. The summed E-state index contributed by atoms with van der Waals surface area (Å²) in [6.07, 6.45) is 6.39. The van der Waals surface area contributed by atoms with E-state index in [4.69, 9.17) is 4.74 Å². The van der Waals surface area contributed by atoms with Crippen LogP contribution in [0.5, 0.6) is 11.5 Å². The molecule has 170 valence electrons. The second-order valence-electron chi connectivity index (χ2n) is 7.61. The van der Waals surface area contributed by atoms with Gasteiger partial charge in [-0.05, 0) is 38.3 Å². The summed E-state index contributed by atoms with van der Waals surface area (Å²) in [7, 11) is 1.49. The molecule has 1 saturated carbocycles. The van der Waals surface area contributed by atoms with Crippen molar-refractivity contribution in [1.82, 2.24) is 15.5 Å². The number of hydrogen-bond acceptors (Lipinski definition) is 4. The molecule has 0 amide bonds. The Morgan fingerprint density at radius 1 is 1.27 bits per heavy atom. The lowest BCUT2D eigenvalue weighted by atomic mass is 10.2. The SMILES string of the molecule is CCNC(=NCc1ccc(OC)cc1OC(F)F)NC1CCN(C2CCCC2)C1.I. The number of benzene rings is 1. The monoisotopic (exact) mass is 538 g/mol. The fraction of sp³-hybridized carbons (Fsp3) is 0.667. The van der Waals surface area contributed by atoms with Crippen molar-refractivity contribution < 1.29 is 18.3 Å². The first-order valence-corrected chi connectivity index (χ1v) is 10.5. The summed E-state index contributed by atoms with van der Waals surface area (Å²) < 4.78 is 35.3. The highest BCUT2D eigenvalue weighted by atomic mass is 127. The molecule has 0 spiro atoms. The molecule has 30 heavy (non-hydrogen) atoms. The number of nitrogens with one attached hydrogen (secondary N) is 2. The van der Waals surface area contributed by atoms with Crippen LogP contribution in [0.3, 0.4) is 0 Å². The zero-order chi connectivity index (χ0) is 20.6. The molecule has 6 nitrogen and oxygen atoms in total. The first-order valence-electron chi connectivity index (χ1n) is 10.5. The number of nitrogens with zero attached hydrogens (tertiary/aromatic N) is 2. The van der Waals surface area contributed by atoms with Gasteiger partial charge in [0, 0.05) is 43.3 Å². The molecule has 0 bridgehead atoms. The summed E-state index contributed by atoms with van der Waals surface area (Å²) in [5.41, 5.74) is 0.585. The van der Waals surface area contributed by atoms with E-state index in [1.54, 1.807) is 12.1 Å². The highest BCUT2D eigenvalue weighted by Gasteiger charge is 2.30. The van der Waals surface area contributed by atoms with E-state index in [0.717, 1.165) is 32.1 Å². The van der Waals surface area contributed by atoms with Crippen LogP contribution >= 0.6 is 24.0 Å². The number of rotatable bonds is 8. The number of aliphatic imine (C=N–C) groups is 1. The summed E-state index contributed by atoms with van der Waals surface area (Å²) in [6, 6.07) is 5.98. The minimum atomic E-state index is -2.89. The van der Waals surface area contributed by atoms with Crippen molar-refractivity contribution in [1.29, 1.82) is 0 Å². The molecule has 1 aromatic carbocycles. The summed E-state index contributed by atoms with van der Waals surface area (Å²) in [4.78, 5) is 7.19. The maximum Gasteiger partial charge on any atom is 0.387 e. The van der Waals surface area contributed by atoms with Gasteiger partial charge >= 0.3 is 6.61 Å². The molecule has 3 rings (SSSR count). The zero-order valence-corrected chi connectivity index (χ0v) is 20.0. The molecule has 0 radical (unpaired) electrons. The van der Waals surface area contributed by atoms with Gasteiger partial charge in [0.05, 0.1) is 13.7 Å². The number of guanidine groups is 1. The van der Waals surface area contributed by atoms with E-state index >= 15 is 0 Å². The van der Waals surface area contributed by atoms with Gasteiger partial charge in [-0.15, -0.1) is 24.0 Å². The van der Waals surface area contributed by atoms with E-state index < -0.39 is 6.61 Å². The smallest absolute Gasteiger partial charge is 0.387 e. The van der Waals surface area contributed by atoms with Gasteiger partial charge in [-0.1, -0.05) is 12.8 Å². The van der Waals surface area contributed by atoms with Crippen LogP contribution in [0, 0.1) is 0 Å². The van der Waals surface area contributed by atoms with Crippen LogP contribution in [-0.2, 0) is 6.54 Å². The Kier molecular flexibility index (Phi) is 10.4. The summed E-state index contributed by atoms with van der Waals surface area (Å²) >= 11 is 0. The first kappa shape index (κ1) is 24.9. The maximum atomic E-state index is 12.8. The van der Waals surface area contributed by atoms with Gasteiger partial charge < -0.3 is 20.1 Å². The van der Waals surface area contributed by atoms with Gasteiger partial charge in [0.1, 0.15) is 11.5 Å². The van der Waals surface area contributed by atoms with Gasteiger partial charge in [-0.3, -0.25) is 4.90 Å². The van der Waals surface area contributed by atoms with Crippen molar-refractivity contribution >= 4 is 29.9 Å². The molecule has 2 aliphatic rings.